The van der Waals surface area contributed by atoms with Crippen molar-refractivity contribution in [1.82, 2.24) is 0 Å². The van der Waals surface area contributed by atoms with Crippen molar-refractivity contribution >= 4 is 17.9 Å². The van der Waals surface area contributed by atoms with Gasteiger partial charge in [-0.05, 0) is 89.9 Å². The monoisotopic (exact) mass is 827 g/mol. The van der Waals surface area contributed by atoms with Crippen LogP contribution in [0.1, 0.15) is 168 Å². The summed E-state index contributed by atoms with van der Waals surface area (Å²) in [4.78, 5) is 37.8. The maximum atomic E-state index is 12.7. The molecule has 1 unspecified atom stereocenters. The topological polar surface area (TPSA) is 78.9 Å². The summed E-state index contributed by atoms with van der Waals surface area (Å²) in [5.74, 6) is -1.02. The van der Waals surface area contributed by atoms with Gasteiger partial charge in [-0.3, -0.25) is 14.4 Å². The normalized spacial score (nSPS) is 13.3. The van der Waals surface area contributed by atoms with E-state index in [1.807, 2.05) is 48.6 Å². The Balaban J connectivity index is 4.56. The van der Waals surface area contributed by atoms with Gasteiger partial charge in [0.1, 0.15) is 13.2 Å². The first-order valence-corrected chi connectivity index (χ1v) is 23.3. The molecular formula is C54H82O6. The van der Waals surface area contributed by atoms with Crippen LogP contribution in [0, 0.1) is 0 Å². The zero-order valence-corrected chi connectivity index (χ0v) is 37.9. The Labute approximate surface area is 366 Å². The molecule has 1 atom stereocenters. The van der Waals surface area contributed by atoms with Crippen LogP contribution in [0.5, 0.6) is 0 Å². The van der Waals surface area contributed by atoms with Gasteiger partial charge in [-0.15, -0.1) is 0 Å². The zero-order chi connectivity index (χ0) is 43.7. The lowest BCUT2D eigenvalue weighted by Crippen LogP contribution is -2.30. The van der Waals surface area contributed by atoms with Crippen molar-refractivity contribution in [3.8, 4) is 0 Å². The molecule has 60 heavy (non-hydrogen) atoms. The number of carbonyl (C=O) groups excluding carboxylic acids is 3. The Morgan fingerprint density at radius 1 is 0.350 bits per heavy atom. The molecule has 0 amide bonds. The molecule has 6 heteroatoms. The zero-order valence-electron chi connectivity index (χ0n) is 37.9. The second kappa shape index (κ2) is 47.2. The summed E-state index contributed by atoms with van der Waals surface area (Å²) >= 11 is 0. The van der Waals surface area contributed by atoms with Gasteiger partial charge in [-0.25, -0.2) is 0 Å². The van der Waals surface area contributed by atoms with E-state index in [1.54, 1.807) is 0 Å². The lowest BCUT2D eigenvalue weighted by Gasteiger charge is -2.18. The molecule has 0 saturated carbocycles. The lowest BCUT2D eigenvalue weighted by molar-refractivity contribution is -0.167. The van der Waals surface area contributed by atoms with Crippen molar-refractivity contribution in [2.45, 2.75) is 175 Å². The van der Waals surface area contributed by atoms with Gasteiger partial charge in [0, 0.05) is 19.3 Å². The molecule has 0 aromatic carbocycles. The molecule has 0 aliphatic rings. The minimum absolute atomic E-state index is 0.118. The van der Waals surface area contributed by atoms with Crippen LogP contribution in [0.2, 0.25) is 0 Å². The Morgan fingerprint density at radius 2 is 0.683 bits per heavy atom. The second-order valence-corrected chi connectivity index (χ2v) is 14.7. The largest absolute Gasteiger partial charge is 0.462 e. The highest BCUT2D eigenvalue weighted by Gasteiger charge is 2.19. The fraction of sp³-hybridized carbons (Fsp3) is 0.537. The van der Waals surface area contributed by atoms with Crippen LogP contribution < -0.4 is 0 Å². The number of esters is 3. The van der Waals surface area contributed by atoms with E-state index in [1.165, 1.54) is 0 Å². The molecule has 0 aliphatic carbocycles. The summed E-state index contributed by atoms with van der Waals surface area (Å²) in [7, 11) is 0. The van der Waals surface area contributed by atoms with Crippen LogP contribution in [0.3, 0.4) is 0 Å². The quantitative estimate of drug-likeness (QED) is 0.0202. The van der Waals surface area contributed by atoms with Crippen molar-refractivity contribution in [2.24, 2.45) is 0 Å². The molecule has 0 spiro atoms. The predicted molar refractivity (Wildman–Crippen MR) is 256 cm³/mol. The summed E-state index contributed by atoms with van der Waals surface area (Å²) in [6.45, 7) is 6.13. The molecule has 0 aromatic rings. The summed E-state index contributed by atoms with van der Waals surface area (Å²) in [6, 6.07) is 0. The first-order chi connectivity index (χ1) is 29.5. The number of hydrogen-bond donors (Lipinski definition) is 0. The number of carbonyl (C=O) groups is 3. The van der Waals surface area contributed by atoms with E-state index in [2.05, 4.69) is 106 Å². The SMILES string of the molecule is CC\C=C/C=C\C=C/C=C\CCCCCCCC(=O)OCC(COC(=O)CCCC/C=C\C/C=C\C/C=C\CC)OC(=O)CCCCCCC\C=C/C=C\C=C/C=C\CC. The van der Waals surface area contributed by atoms with E-state index in [4.69, 9.17) is 14.2 Å². The van der Waals surface area contributed by atoms with Crippen LogP contribution in [0.15, 0.2) is 134 Å². The van der Waals surface area contributed by atoms with Crippen LogP contribution in [0.4, 0.5) is 0 Å². The number of unbranched alkanes of at least 4 members (excludes halogenated alkanes) is 12. The highest BCUT2D eigenvalue weighted by Crippen LogP contribution is 2.12. The standard InChI is InChI=1S/C54H82O6/c1-4-7-10-13-16-19-22-25-27-29-32-35-38-41-44-47-53(56)59-50-51(49-58-52(55)46-43-40-37-34-31-24-21-18-15-12-9-6-3)60-54(57)48-45-42-39-36-33-30-28-26-23-20-17-14-11-8-5-2/h7-14,16-23,25-28,31,34,51H,4-6,15,24,29-30,32-33,35-50H2,1-3H3/b10-7-,11-8-,12-9-,16-13-,17-14-,21-18-,22-19-,23-20-,27-25-,28-26-,34-31-. The van der Waals surface area contributed by atoms with E-state index >= 15 is 0 Å². The molecule has 0 heterocycles. The van der Waals surface area contributed by atoms with Crippen molar-refractivity contribution in [3.05, 3.63) is 134 Å². The number of allylic oxidation sites excluding steroid dienone is 22. The van der Waals surface area contributed by atoms with Crippen molar-refractivity contribution in [1.29, 1.82) is 0 Å². The summed E-state index contributed by atoms with van der Waals surface area (Å²) in [5, 5.41) is 0. The highest BCUT2D eigenvalue weighted by atomic mass is 16.6. The van der Waals surface area contributed by atoms with E-state index in [9.17, 15) is 14.4 Å². The van der Waals surface area contributed by atoms with Crippen LogP contribution in [0.25, 0.3) is 0 Å². The maximum absolute atomic E-state index is 12.7. The van der Waals surface area contributed by atoms with Gasteiger partial charge < -0.3 is 14.2 Å². The number of ether oxygens (including phenoxy) is 3. The van der Waals surface area contributed by atoms with Crippen LogP contribution in [-0.4, -0.2) is 37.2 Å². The molecule has 0 saturated heterocycles. The average Bonchev–Trinajstić information content (AvgIpc) is 3.24. The molecular weight excluding hydrogens is 745 g/mol. The molecule has 0 radical (unpaired) electrons. The Kier molecular flexibility index (Phi) is 43.7. The van der Waals surface area contributed by atoms with E-state index in [0.29, 0.717) is 19.3 Å². The lowest BCUT2D eigenvalue weighted by atomic mass is 10.1. The first-order valence-electron chi connectivity index (χ1n) is 23.3. The third kappa shape index (κ3) is 44.6. The van der Waals surface area contributed by atoms with Gasteiger partial charge in [-0.2, -0.15) is 0 Å². The Hall–Kier alpha value is -4.45. The van der Waals surface area contributed by atoms with Crippen molar-refractivity contribution < 1.29 is 28.6 Å². The molecule has 0 aromatic heterocycles. The molecule has 6 nitrogen and oxygen atoms in total. The minimum atomic E-state index is -0.820. The van der Waals surface area contributed by atoms with Gasteiger partial charge in [-0.1, -0.05) is 193 Å². The van der Waals surface area contributed by atoms with Gasteiger partial charge in [0.15, 0.2) is 6.10 Å². The third-order valence-electron chi connectivity index (χ3n) is 9.07. The van der Waals surface area contributed by atoms with Gasteiger partial charge in [0.05, 0.1) is 0 Å². The van der Waals surface area contributed by atoms with E-state index in [-0.39, 0.29) is 37.5 Å². The first kappa shape index (κ1) is 55.5. The molecule has 0 bridgehead atoms. The van der Waals surface area contributed by atoms with Crippen molar-refractivity contribution in [2.75, 3.05) is 13.2 Å². The fourth-order valence-corrected chi connectivity index (χ4v) is 5.65. The fourth-order valence-electron chi connectivity index (χ4n) is 5.65. The van der Waals surface area contributed by atoms with Gasteiger partial charge in [0.2, 0.25) is 0 Å². The Morgan fingerprint density at radius 3 is 1.17 bits per heavy atom. The van der Waals surface area contributed by atoms with E-state index < -0.39 is 6.10 Å². The second-order valence-electron chi connectivity index (χ2n) is 14.7. The average molecular weight is 827 g/mol. The molecule has 334 valence electrons. The van der Waals surface area contributed by atoms with Crippen LogP contribution >= 0.6 is 0 Å². The van der Waals surface area contributed by atoms with Crippen molar-refractivity contribution in [3.63, 3.8) is 0 Å². The number of hydrogen-bond acceptors (Lipinski definition) is 6. The van der Waals surface area contributed by atoms with Gasteiger partial charge >= 0.3 is 17.9 Å². The van der Waals surface area contributed by atoms with Crippen LogP contribution in [-0.2, 0) is 28.6 Å². The highest BCUT2D eigenvalue weighted by molar-refractivity contribution is 5.71. The molecule has 0 fully saturated rings. The molecule has 0 aliphatic heterocycles. The maximum Gasteiger partial charge on any atom is 0.306 e. The summed E-state index contributed by atoms with van der Waals surface area (Å²) in [6.07, 6.45) is 65.7. The number of rotatable bonds is 39. The molecule has 0 rings (SSSR count). The smallest absolute Gasteiger partial charge is 0.306 e. The predicted octanol–water partition coefficient (Wildman–Crippen LogP) is 15.1. The third-order valence-corrected chi connectivity index (χ3v) is 9.07. The summed E-state index contributed by atoms with van der Waals surface area (Å²) < 4.78 is 16.7. The molecule has 0 N–H and O–H groups in total. The Bertz CT molecular complexity index is 1370. The summed E-state index contributed by atoms with van der Waals surface area (Å²) in [5.41, 5.74) is 0. The van der Waals surface area contributed by atoms with E-state index in [0.717, 1.165) is 122 Å². The minimum Gasteiger partial charge on any atom is -0.462 e. The van der Waals surface area contributed by atoms with Gasteiger partial charge in [0.25, 0.3) is 0 Å².